The normalized spacial score (nSPS) is 16.6. The summed E-state index contributed by atoms with van der Waals surface area (Å²) in [6.07, 6.45) is -9.56. The molecule has 0 fully saturated rings. The van der Waals surface area contributed by atoms with E-state index in [1.807, 2.05) is 0 Å². The zero-order valence-corrected chi connectivity index (χ0v) is 17.5. The highest BCUT2D eigenvalue weighted by Crippen LogP contribution is 2.59. The van der Waals surface area contributed by atoms with Gasteiger partial charge in [0.05, 0.1) is 12.0 Å². The van der Waals surface area contributed by atoms with Gasteiger partial charge in [-0.1, -0.05) is 12.1 Å². The van der Waals surface area contributed by atoms with Crippen molar-refractivity contribution in [3.63, 3.8) is 0 Å². The van der Waals surface area contributed by atoms with Gasteiger partial charge in [-0.2, -0.15) is 48.3 Å². The molecule has 0 radical (unpaired) electrons. The van der Waals surface area contributed by atoms with Gasteiger partial charge in [0.15, 0.2) is 0 Å². The first kappa shape index (κ1) is 28.2. The van der Waals surface area contributed by atoms with Crippen molar-refractivity contribution >= 4 is 0 Å². The molecule has 0 spiro atoms. The summed E-state index contributed by atoms with van der Waals surface area (Å²) in [6.45, 7) is 5.61. The molecule has 0 amide bonds. The molecule has 0 heterocycles. The van der Waals surface area contributed by atoms with Crippen LogP contribution in [-0.2, 0) is 10.3 Å². The van der Waals surface area contributed by atoms with Gasteiger partial charge in [0, 0.05) is 7.11 Å². The summed E-state index contributed by atoms with van der Waals surface area (Å²) in [7, 11) is 0.744. The fraction of sp³-hybridized carbons (Fsp3) is 0.684. The summed E-state index contributed by atoms with van der Waals surface area (Å²) in [6, 6.07) is 4.73. The molecule has 0 aliphatic carbocycles. The van der Waals surface area contributed by atoms with Crippen molar-refractivity contribution in [1.29, 1.82) is 0 Å². The maximum absolute atomic E-state index is 14.3. The molecule has 2 nitrogen and oxygen atoms in total. The lowest BCUT2D eigenvalue weighted by Gasteiger charge is -2.40. The van der Waals surface area contributed by atoms with Crippen LogP contribution in [-0.4, -0.2) is 42.6 Å². The van der Waals surface area contributed by atoms with Crippen molar-refractivity contribution in [2.24, 2.45) is 0 Å². The van der Waals surface area contributed by atoms with Crippen molar-refractivity contribution in [3.8, 4) is 5.75 Å². The van der Waals surface area contributed by atoms with E-state index in [-0.39, 0.29) is 11.3 Å². The van der Waals surface area contributed by atoms with Crippen LogP contribution < -0.4 is 4.74 Å². The quantitative estimate of drug-likeness (QED) is 0.359. The lowest BCUT2D eigenvalue weighted by atomic mass is 9.84. The molecule has 13 heteroatoms. The molecule has 1 aromatic rings. The number of ether oxygens (including phenoxy) is 2. The summed E-state index contributed by atoms with van der Waals surface area (Å²) in [5.74, 6) is -28.0. The minimum Gasteiger partial charge on any atom is -0.488 e. The largest absolute Gasteiger partial charge is 0.488 e. The molecule has 186 valence electrons. The Morgan fingerprint density at radius 3 is 1.62 bits per heavy atom. The van der Waals surface area contributed by atoms with Crippen molar-refractivity contribution in [2.75, 3.05) is 7.11 Å². The molecule has 0 aromatic heterocycles. The van der Waals surface area contributed by atoms with Gasteiger partial charge < -0.3 is 9.47 Å². The monoisotopic (exact) mass is 490 g/mol. The van der Waals surface area contributed by atoms with Gasteiger partial charge in [0.1, 0.15) is 11.4 Å². The van der Waals surface area contributed by atoms with Gasteiger partial charge >= 0.3 is 29.9 Å². The van der Waals surface area contributed by atoms with Gasteiger partial charge in [0.2, 0.25) is 0 Å². The molecule has 32 heavy (non-hydrogen) atoms. The third kappa shape index (κ3) is 5.07. The zero-order chi connectivity index (χ0) is 25.6. The van der Waals surface area contributed by atoms with E-state index in [1.54, 1.807) is 20.8 Å². The summed E-state index contributed by atoms with van der Waals surface area (Å²) in [4.78, 5) is 0. The van der Waals surface area contributed by atoms with E-state index in [2.05, 4.69) is 0 Å². The molecule has 0 N–H and O–H groups in total. The highest BCUT2D eigenvalue weighted by atomic mass is 19.4. The lowest BCUT2D eigenvalue weighted by Crippen LogP contribution is -2.67. The first-order valence-corrected chi connectivity index (χ1v) is 8.88. The highest BCUT2D eigenvalue weighted by Gasteiger charge is 2.87. The minimum absolute atomic E-state index is 0.0438. The smallest absolute Gasteiger partial charge is 0.460 e. The fourth-order valence-electron chi connectivity index (χ4n) is 2.67. The van der Waals surface area contributed by atoms with E-state index in [0.717, 1.165) is 26.2 Å². The van der Waals surface area contributed by atoms with E-state index in [1.165, 1.54) is 12.1 Å². The Labute approximate surface area is 176 Å². The lowest BCUT2D eigenvalue weighted by molar-refractivity contribution is -0.424. The Hall–Kier alpha value is -1.79. The SMILES string of the molecule is COC(C)(CC(F)(F)C(F)(F)C(F)(F)C(F)(F)C(F)(F)F)c1cccc(OC(C)(C)C)c1. The Morgan fingerprint density at radius 2 is 1.22 bits per heavy atom. The third-order valence-electron chi connectivity index (χ3n) is 4.48. The van der Waals surface area contributed by atoms with Crippen LogP contribution in [0.5, 0.6) is 5.75 Å². The van der Waals surface area contributed by atoms with Crippen LogP contribution in [0.15, 0.2) is 24.3 Å². The number of benzene rings is 1. The number of hydrogen-bond acceptors (Lipinski definition) is 2. The van der Waals surface area contributed by atoms with Gasteiger partial charge in [-0.15, -0.1) is 0 Å². The van der Waals surface area contributed by atoms with Gasteiger partial charge in [-0.3, -0.25) is 0 Å². The molecule has 1 unspecified atom stereocenters. The van der Waals surface area contributed by atoms with E-state index < -0.39 is 47.5 Å². The molecule has 1 atom stereocenters. The van der Waals surface area contributed by atoms with Crippen molar-refractivity contribution in [3.05, 3.63) is 29.8 Å². The maximum Gasteiger partial charge on any atom is 0.460 e. The van der Waals surface area contributed by atoms with Crippen molar-refractivity contribution in [1.82, 2.24) is 0 Å². The van der Waals surface area contributed by atoms with Gasteiger partial charge in [-0.25, -0.2) is 0 Å². The zero-order valence-electron chi connectivity index (χ0n) is 17.5. The van der Waals surface area contributed by atoms with Crippen LogP contribution in [0.1, 0.15) is 39.7 Å². The predicted octanol–water partition coefficient (Wildman–Crippen LogP) is 7.22. The van der Waals surface area contributed by atoms with Crippen LogP contribution in [0.3, 0.4) is 0 Å². The summed E-state index contributed by atoms with van der Waals surface area (Å²) < 4.78 is 157. The third-order valence-corrected chi connectivity index (χ3v) is 4.48. The molecule has 0 aliphatic rings. The summed E-state index contributed by atoms with van der Waals surface area (Å²) >= 11 is 0. The molecule has 0 aliphatic heterocycles. The molecule has 1 rings (SSSR count). The van der Waals surface area contributed by atoms with E-state index >= 15 is 0 Å². The molecule has 0 saturated heterocycles. The molecule has 0 saturated carbocycles. The van der Waals surface area contributed by atoms with Crippen LogP contribution >= 0.6 is 0 Å². The number of alkyl halides is 11. The summed E-state index contributed by atoms with van der Waals surface area (Å²) in [5.41, 5.74) is -3.60. The fourth-order valence-corrected chi connectivity index (χ4v) is 2.67. The topological polar surface area (TPSA) is 18.5 Å². The maximum atomic E-state index is 14.3. The second-order valence-electron chi connectivity index (χ2n) is 8.28. The second-order valence-corrected chi connectivity index (χ2v) is 8.28. The van der Waals surface area contributed by atoms with Crippen molar-refractivity contribution in [2.45, 2.75) is 75.2 Å². The molecule has 0 bridgehead atoms. The summed E-state index contributed by atoms with van der Waals surface area (Å²) in [5, 5.41) is 0. The standard InChI is InChI=1S/C19H21F11O2/c1-13(2,3)32-12-8-6-7-11(9-12)14(4,31-5)10-15(20,21)16(22,23)17(24,25)18(26,27)19(28,29)30/h6-9H,10H2,1-5H3. The molecular formula is C19H21F11O2. The average molecular weight is 490 g/mol. The first-order chi connectivity index (χ1) is 14.0. The number of rotatable bonds is 8. The molecule has 1 aromatic carbocycles. The van der Waals surface area contributed by atoms with E-state index in [4.69, 9.17) is 9.47 Å². The predicted molar refractivity (Wildman–Crippen MR) is 91.6 cm³/mol. The Morgan fingerprint density at radius 1 is 0.719 bits per heavy atom. The number of hydrogen-bond donors (Lipinski definition) is 0. The van der Waals surface area contributed by atoms with Crippen LogP contribution in [0.25, 0.3) is 0 Å². The highest BCUT2D eigenvalue weighted by molar-refractivity contribution is 5.33. The second kappa shape index (κ2) is 8.21. The van der Waals surface area contributed by atoms with Crippen LogP contribution in [0, 0.1) is 0 Å². The average Bonchev–Trinajstić information content (AvgIpc) is 2.58. The Bertz CT molecular complexity index is 797. The van der Waals surface area contributed by atoms with Gasteiger partial charge in [-0.05, 0) is 45.4 Å². The van der Waals surface area contributed by atoms with Crippen molar-refractivity contribution < 1.29 is 57.8 Å². The number of methoxy groups -OCH3 is 1. The van der Waals surface area contributed by atoms with Crippen LogP contribution in [0.2, 0.25) is 0 Å². The Balaban J connectivity index is 3.44. The molecular weight excluding hydrogens is 469 g/mol. The Kier molecular flexibility index (Phi) is 7.25. The van der Waals surface area contributed by atoms with E-state index in [9.17, 15) is 48.3 Å². The van der Waals surface area contributed by atoms with E-state index in [0.29, 0.717) is 0 Å². The van der Waals surface area contributed by atoms with Gasteiger partial charge in [0.25, 0.3) is 0 Å². The first-order valence-electron chi connectivity index (χ1n) is 8.88. The number of halogens is 11. The minimum atomic E-state index is -7.46. The van der Waals surface area contributed by atoms with Crippen LogP contribution in [0.4, 0.5) is 48.3 Å².